The lowest BCUT2D eigenvalue weighted by atomic mass is 10.2. The zero-order valence-electron chi connectivity index (χ0n) is 17.6. The molecular weight excluding hydrogens is 452 g/mol. The Kier molecular flexibility index (Phi) is 7.74. The summed E-state index contributed by atoms with van der Waals surface area (Å²) in [5.74, 6) is 0.985. The van der Waals surface area contributed by atoms with Crippen LogP contribution in [0.5, 0.6) is 17.2 Å². The maximum Gasteiger partial charge on any atom is 0.243 e. The number of carbonyl (C=O) groups excluding carboxylic acids is 1. The maximum absolute atomic E-state index is 13.0. The second-order valence-corrected chi connectivity index (χ2v) is 9.08. The SMILES string of the molecule is CCN(CC(=O)Nc1cc(Cl)ccc1Oc1ccccc1)S(=O)(=O)c1ccc(OC)cc1. The predicted molar refractivity (Wildman–Crippen MR) is 124 cm³/mol. The van der Waals surface area contributed by atoms with Crippen molar-refractivity contribution < 1.29 is 22.7 Å². The van der Waals surface area contributed by atoms with E-state index in [1.54, 1.807) is 49.4 Å². The number of nitrogens with one attached hydrogen (secondary N) is 1. The fraction of sp³-hybridized carbons (Fsp3) is 0.174. The van der Waals surface area contributed by atoms with Crippen molar-refractivity contribution >= 4 is 33.2 Å². The van der Waals surface area contributed by atoms with Gasteiger partial charge in [0, 0.05) is 11.6 Å². The number of likely N-dealkylation sites (N-methyl/N-ethyl adjacent to an activating group) is 1. The molecule has 0 saturated carbocycles. The number of hydrogen-bond donors (Lipinski definition) is 1. The van der Waals surface area contributed by atoms with Crippen LogP contribution in [0, 0.1) is 0 Å². The third kappa shape index (κ3) is 5.79. The van der Waals surface area contributed by atoms with E-state index in [-0.39, 0.29) is 18.0 Å². The van der Waals surface area contributed by atoms with Crippen LogP contribution in [-0.4, -0.2) is 38.8 Å². The average molecular weight is 475 g/mol. The molecule has 1 N–H and O–H groups in total. The summed E-state index contributed by atoms with van der Waals surface area (Å²) in [6.07, 6.45) is 0. The van der Waals surface area contributed by atoms with Crippen molar-refractivity contribution in [1.82, 2.24) is 4.31 Å². The van der Waals surface area contributed by atoms with Crippen LogP contribution in [0.4, 0.5) is 5.69 Å². The molecule has 3 rings (SSSR count). The number of amides is 1. The van der Waals surface area contributed by atoms with Crippen LogP contribution in [0.3, 0.4) is 0 Å². The Morgan fingerprint density at radius 3 is 2.31 bits per heavy atom. The highest BCUT2D eigenvalue weighted by molar-refractivity contribution is 7.89. The molecule has 0 unspecified atom stereocenters. The molecule has 0 aliphatic rings. The molecule has 3 aromatic carbocycles. The van der Waals surface area contributed by atoms with Crippen molar-refractivity contribution in [2.45, 2.75) is 11.8 Å². The molecule has 0 atom stereocenters. The zero-order chi connectivity index (χ0) is 23.1. The number of carbonyl (C=O) groups is 1. The first kappa shape index (κ1) is 23.6. The number of sulfonamides is 1. The quantitative estimate of drug-likeness (QED) is 0.482. The Bertz CT molecular complexity index is 1170. The van der Waals surface area contributed by atoms with E-state index in [1.165, 1.54) is 19.2 Å². The third-order valence-corrected chi connectivity index (χ3v) is 6.73. The average Bonchev–Trinajstić information content (AvgIpc) is 2.80. The van der Waals surface area contributed by atoms with Crippen molar-refractivity contribution in [3.05, 3.63) is 77.8 Å². The van der Waals surface area contributed by atoms with E-state index in [1.807, 2.05) is 18.2 Å². The van der Waals surface area contributed by atoms with Gasteiger partial charge in [-0.1, -0.05) is 36.7 Å². The van der Waals surface area contributed by atoms with Crippen molar-refractivity contribution in [2.75, 3.05) is 25.5 Å². The standard InChI is InChI=1S/C23H23ClN2O5S/c1-3-26(32(28,29)20-12-10-18(30-2)11-13-20)16-23(27)25-21-15-17(24)9-14-22(21)31-19-7-5-4-6-8-19/h4-15H,3,16H2,1-2H3,(H,25,27). The molecule has 0 aliphatic heterocycles. The lowest BCUT2D eigenvalue weighted by molar-refractivity contribution is -0.116. The highest BCUT2D eigenvalue weighted by Gasteiger charge is 2.25. The minimum absolute atomic E-state index is 0.0730. The van der Waals surface area contributed by atoms with Crippen molar-refractivity contribution in [3.63, 3.8) is 0 Å². The molecule has 7 nitrogen and oxygen atoms in total. The number of nitrogens with zero attached hydrogens (tertiary/aromatic N) is 1. The predicted octanol–water partition coefficient (Wildman–Crippen LogP) is 4.79. The summed E-state index contributed by atoms with van der Waals surface area (Å²) >= 11 is 6.09. The maximum atomic E-state index is 13.0. The van der Waals surface area contributed by atoms with Gasteiger partial charge in [0.2, 0.25) is 15.9 Å². The number of hydrogen-bond acceptors (Lipinski definition) is 5. The van der Waals surface area contributed by atoms with Crippen LogP contribution < -0.4 is 14.8 Å². The third-order valence-electron chi connectivity index (χ3n) is 4.56. The smallest absolute Gasteiger partial charge is 0.243 e. The van der Waals surface area contributed by atoms with Crippen molar-refractivity contribution in [2.24, 2.45) is 0 Å². The van der Waals surface area contributed by atoms with E-state index < -0.39 is 15.9 Å². The van der Waals surface area contributed by atoms with Gasteiger partial charge in [-0.15, -0.1) is 0 Å². The van der Waals surface area contributed by atoms with Gasteiger partial charge in [-0.25, -0.2) is 8.42 Å². The largest absolute Gasteiger partial charge is 0.497 e. The number of para-hydroxylation sites is 1. The fourth-order valence-corrected chi connectivity index (χ4v) is 4.50. The van der Waals surface area contributed by atoms with Gasteiger partial charge >= 0.3 is 0 Å². The molecule has 168 valence electrons. The second-order valence-electron chi connectivity index (χ2n) is 6.71. The van der Waals surface area contributed by atoms with Gasteiger partial charge in [-0.2, -0.15) is 4.31 Å². The van der Waals surface area contributed by atoms with E-state index >= 15 is 0 Å². The van der Waals surface area contributed by atoms with E-state index in [4.69, 9.17) is 21.1 Å². The van der Waals surface area contributed by atoms with Gasteiger partial charge in [-0.3, -0.25) is 4.79 Å². The molecule has 0 fully saturated rings. The molecule has 0 bridgehead atoms. The molecule has 0 aliphatic carbocycles. The Hall–Kier alpha value is -3.07. The summed E-state index contributed by atoms with van der Waals surface area (Å²) in [6, 6.07) is 19.9. The molecular formula is C23H23ClN2O5S. The van der Waals surface area contributed by atoms with Crippen LogP contribution in [0.25, 0.3) is 0 Å². The molecule has 0 spiro atoms. The van der Waals surface area contributed by atoms with E-state index in [9.17, 15) is 13.2 Å². The van der Waals surface area contributed by atoms with Gasteiger partial charge in [0.05, 0.1) is 24.2 Å². The summed E-state index contributed by atoms with van der Waals surface area (Å²) in [5.41, 5.74) is 0.337. The zero-order valence-corrected chi connectivity index (χ0v) is 19.2. The van der Waals surface area contributed by atoms with Crippen molar-refractivity contribution in [1.29, 1.82) is 0 Å². The number of rotatable bonds is 9. The Morgan fingerprint density at radius 2 is 1.69 bits per heavy atom. The highest BCUT2D eigenvalue weighted by atomic mass is 35.5. The molecule has 3 aromatic rings. The highest BCUT2D eigenvalue weighted by Crippen LogP contribution is 2.32. The van der Waals surface area contributed by atoms with Gasteiger partial charge < -0.3 is 14.8 Å². The van der Waals surface area contributed by atoms with Crippen LogP contribution in [-0.2, 0) is 14.8 Å². The number of ether oxygens (including phenoxy) is 2. The molecule has 0 radical (unpaired) electrons. The first-order valence-corrected chi connectivity index (χ1v) is 11.6. The van der Waals surface area contributed by atoms with Gasteiger partial charge in [0.15, 0.2) is 5.75 Å². The van der Waals surface area contributed by atoms with Crippen LogP contribution in [0.15, 0.2) is 77.7 Å². The monoisotopic (exact) mass is 474 g/mol. The minimum atomic E-state index is -3.87. The molecule has 0 aromatic heterocycles. The van der Waals surface area contributed by atoms with Gasteiger partial charge in [0.25, 0.3) is 0 Å². The first-order chi connectivity index (χ1) is 15.3. The summed E-state index contributed by atoms with van der Waals surface area (Å²) in [4.78, 5) is 12.8. The molecule has 1 amide bonds. The molecule has 9 heteroatoms. The summed E-state index contributed by atoms with van der Waals surface area (Å²) in [7, 11) is -2.37. The Labute approximate surface area is 192 Å². The summed E-state index contributed by atoms with van der Waals surface area (Å²) in [6.45, 7) is 1.41. The number of halogens is 1. The Balaban J connectivity index is 1.77. The van der Waals surface area contributed by atoms with Crippen LogP contribution >= 0.6 is 11.6 Å². The van der Waals surface area contributed by atoms with Gasteiger partial charge in [0.1, 0.15) is 11.5 Å². The second kappa shape index (κ2) is 10.5. The van der Waals surface area contributed by atoms with Crippen LogP contribution in [0.1, 0.15) is 6.92 Å². The lowest BCUT2D eigenvalue weighted by Gasteiger charge is -2.21. The molecule has 0 saturated heterocycles. The molecule has 0 heterocycles. The summed E-state index contributed by atoms with van der Waals surface area (Å²) < 4.78 is 37.9. The van der Waals surface area contributed by atoms with Gasteiger partial charge in [-0.05, 0) is 54.6 Å². The fourth-order valence-electron chi connectivity index (χ4n) is 2.92. The van der Waals surface area contributed by atoms with Crippen LogP contribution in [0.2, 0.25) is 5.02 Å². The summed E-state index contributed by atoms with van der Waals surface area (Å²) in [5, 5.41) is 3.11. The number of benzene rings is 3. The lowest BCUT2D eigenvalue weighted by Crippen LogP contribution is -2.37. The number of methoxy groups -OCH3 is 1. The number of anilines is 1. The van der Waals surface area contributed by atoms with E-state index in [0.29, 0.717) is 28.0 Å². The topological polar surface area (TPSA) is 84.9 Å². The minimum Gasteiger partial charge on any atom is -0.497 e. The van der Waals surface area contributed by atoms with Crippen molar-refractivity contribution in [3.8, 4) is 17.2 Å². The first-order valence-electron chi connectivity index (χ1n) is 9.80. The van der Waals surface area contributed by atoms with E-state index in [2.05, 4.69) is 5.32 Å². The Morgan fingerprint density at radius 1 is 1.00 bits per heavy atom. The molecule has 32 heavy (non-hydrogen) atoms. The van der Waals surface area contributed by atoms with E-state index in [0.717, 1.165) is 4.31 Å². The normalized spacial score (nSPS) is 11.2.